The molecule has 0 unspecified atom stereocenters. The van der Waals surface area contributed by atoms with Crippen molar-refractivity contribution in [3.63, 3.8) is 0 Å². The van der Waals surface area contributed by atoms with Crippen LogP contribution in [0.5, 0.6) is 0 Å². The van der Waals surface area contributed by atoms with E-state index in [1.165, 1.54) is 6.20 Å². The number of hydrogen-bond donors (Lipinski definition) is 1. The monoisotopic (exact) mass is 329 g/mol. The first-order valence-corrected chi connectivity index (χ1v) is 6.23. The minimum Gasteiger partial charge on any atom is -0.316 e. The Balaban J connectivity index is 0.000000346. The fraction of sp³-hybridized carbons (Fsp3) is 0.583. The summed E-state index contributed by atoms with van der Waals surface area (Å²) >= 11 is 0. The maximum absolute atomic E-state index is 12.2. The minimum absolute atomic E-state index is 0.464. The second kappa shape index (κ2) is 7.52. The van der Waals surface area contributed by atoms with Crippen molar-refractivity contribution in [1.82, 2.24) is 15.3 Å². The van der Waals surface area contributed by atoms with Crippen LogP contribution in [0.3, 0.4) is 0 Å². The van der Waals surface area contributed by atoms with Crippen molar-refractivity contribution in [2.24, 2.45) is 5.92 Å². The van der Waals surface area contributed by atoms with Crippen molar-refractivity contribution < 1.29 is 31.1 Å². The third-order valence-corrected chi connectivity index (χ3v) is 2.79. The molecule has 124 valence electrons. The average Bonchev–Trinajstić information content (AvgIpc) is 2.91. The van der Waals surface area contributed by atoms with E-state index in [0.717, 1.165) is 25.7 Å². The first-order valence-electron chi connectivity index (χ1n) is 6.23. The highest BCUT2D eigenvalue weighted by molar-refractivity contribution is 5.56. The topological polar surface area (TPSA) is 54.9 Å². The summed E-state index contributed by atoms with van der Waals surface area (Å²) < 4.78 is 67.9. The fourth-order valence-electron chi connectivity index (χ4n) is 1.79. The van der Waals surface area contributed by atoms with Crippen molar-refractivity contribution in [2.45, 2.75) is 25.2 Å². The molecule has 1 aliphatic rings. The smallest absolute Gasteiger partial charge is 0.316 e. The van der Waals surface area contributed by atoms with Crippen LogP contribution in [0.1, 0.15) is 17.8 Å². The van der Waals surface area contributed by atoms with Crippen molar-refractivity contribution in [1.29, 1.82) is 0 Å². The van der Waals surface area contributed by atoms with Gasteiger partial charge in [-0.05, 0) is 31.8 Å². The molecule has 22 heavy (non-hydrogen) atoms. The van der Waals surface area contributed by atoms with E-state index < -0.39 is 24.3 Å². The zero-order valence-electron chi connectivity index (χ0n) is 11.2. The highest BCUT2D eigenvalue weighted by Crippen LogP contribution is 2.26. The van der Waals surface area contributed by atoms with Crippen LogP contribution in [-0.4, -0.2) is 35.5 Å². The standard InChI is InChI=1S/C10H12F3N3.C2HF3O/c11-10(12,13)9-6-15-8(5-16-9)3-7-1-2-14-4-7;3-2(4,5)1-6/h5-7,14H,1-4H2;1H/t7-;/m0./s1. The molecular formula is C12H13F6N3O. The molecule has 10 heteroatoms. The lowest BCUT2D eigenvalue weighted by molar-refractivity contribution is -0.156. The molecule has 0 radical (unpaired) electrons. The number of carbonyl (C=O) groups is 1. The SMILES string of the molecule is FC(F)(F)c1cnc(C[C@@H]2CCNC2)cn1.O=CC(F)(F)F. The molecule has 1 fully saturated rings. The molecule has 0 bridgehead atoms. The molecular weight excluding hydrogens is 316 g/mol. The van der Waals surface area contributed by atoms with E-state index >= 15 is 0 Å². The van der Waals surface area contributed by atoms with Crippen LogP contribution >= 0.6 is 0 Å². The summed E-state index contributed by atoms with van der Waals surface area (Å²) in [5.74, 6) is 0.464. The number of aldehydes is 1. The van der Waals surface area contributed by atoms with Gasteiger partial charge in [-0.25, -0.2) is 4.98 Å². The molecule has 1 aliphatic heterocycles. The Morgan fingerprint density at radius 3 is 2.18 bits per heavy atom. The van der Waals surface area contributed by atoms with Crippen LogP contribution in [0.15, 0.2) is 12.4 Å². The molecule has 1 N–H and O–H groups in total. The van der Waals surface area contributed by atoms with Crippen molar-refractivity contribution >= 4 is 6.29 Å². The predicted molar refractivity (Wildman–Crippen MR) is 63.8 cm³/mol. The maximum atomic E-state index is 12.2. The number of nitrogens with zero attached hydrogens (tertiary/aromatic N) is 2. The predicted octanol–water partition coefficient (Wildman–Crippen LogP) is 2.39. The first-order chi connectivity index (χ1) is 10.1. The minimum atomic E-state index is -4.64. The van der Waals surface area contributed by atoms with Crippen LogP contribution < -0.4 is 5.32 Å². The number of hydrogen-bond acceptors (Lipinski definition) is 4. The number of rotatable bonds is 2. The molecule has 1 aromatic rings. The van der Waals surface area contributed by atoms with E-state index in [9.17, 15) is 26.3 Å². The Labute approximate surface area is 121 Å². The van der Waals surface area contributed by atoms with Gasteiger partial charge in [-0.1, -0.05) is 0 Å². The quantitative estimate of drug-likeness (QED) is 0.669. The van der Waals surface area contributed by atoms with Gasteiger partial charge in [0.15, 0.2) is 5.69 Å². The number of nitrogens with one attached hydrogen (secondary N) is 1. The van der Waals surface area contributed by atoms with E-state index in [1.54, 1.807) is 0 Å². The van der Waals surface area contributed by atoms with Gasteiger partial charge in [-0.2, -0.15) is 26.3 Å². The van der Waals surface area contributed by atoms with Crippen LogP contribution in [0, 0.1) is 5.92 Å². The molecule has 1 aromatic heterocycles. The summed E-state index contributed by atoms with van der Waals surface area (Å²) in [7, 11) is 0. The molecule has 0 aromatic carbocycles. The lowest BCUT2D eigenvalue weighted by Crippen LogP contribution is -2.13. The molecule has 4 nitrogen and oxygen atoms in total. The van der Waals surface area contributed by atoms with Gasteiger partial charge < -0.3 is 5.32 Å². The number of aromatic nitrogens is 2. The third kappa shape index (κ3) is 6.83. The summed E-state index contributed by atoms with van der Waals surface area (Å²) in [6.07, 6.45) is -6.34. The second-order valence-electron chi connectivity index (χ2n) is 4.61. The third-order valence-electron chi connectivity index (χ3n) is 2.79. The van der Waals surface area contributed by atoms with Gasteiger partial charge >= 0.3 is 12.4 Å². The summed E-state index contributed by atoms with van der Waals surface area (Å²) in [5, 5.41) is 3.20. The molecule has 2 rings (SSSR count). The normalized spacial score (nSPS) is 18.5. The van der Waals surface area contributed by atoms with Crippen LogP contribution in [0.25, 0.3) is 0 Å². The first kappa shape index (κ1) is 18.3. The summed E-state index contributed by atoms with van der Waals surface area (Å²) in [4.78, 5) is 15.9. The lowest BCUT2D eigenvalue weighted by atomic mass is 10.0. The fourth-order valence-corrected chi connectivity index (χ4v) is 1.79. The van der Waals surface area contributed by atoms with Gasteiger partial charge in [0.25, 0.3) is 0 Å². The summed E-state index contributed by atoms with van der Waals surface area (Å²) in [6.45, 7) is 1.88. The number of halogens is 6. The van der Waals surface area contributed by atoms with Gasteiger partial charge in [0, 0.05) is 6.20 Å². The Hall–Kier alpha value is -1.71. The Kier molecular flexibility index (Phi) is 6.27. The van der Waals surface area contributed by atoms with E-state index in [2.05, 4.69) is 15.3 Å². The van der Waals surface area contributed by atoms with E-state index in [1.807, 2.05) is 0 Å². The molecule has 0 aliphatic carbocycles. The van der Waals surface area contributed by atoms with Crippen LogP contribution in [-0.2, 0) is 17.4 Å². The molecule has 0 saturated carbocycles. The molecule has 0 spiro atoms. The molecule has 1 atom stereocenters. The highest BCUT2D eigenvalue weighted by atomic mass is 19.4. The zero-order valence-corrected chi connectivity index (χ0v) is 11.2. The Morgan fingerprint density at radius 2 is 1.82 bits per heavy atom. The average molecular weight is 329 g/mol. The van der Waals surface area contributed by atoms with E-state index in [4.69, 9.17) is 4.79 Å². The van der Waals surface area contributed by atoms with Gasteiger partial charge in [-0.15, -0.1) is 0 Å². The van der Waals surface area contributed by atoms with Crippen LogP contribution in [0.4, 0.5) is 26.3 Å². The van der Waals surface area contributed by atoms with Gasteiger partial charge in [0.1, 0.15) is 0 Å². The molecule has 1 saturated heterocycles. The Bertz CT molecular complexity index is 465. The van der Waals surface area contributed by atoms with Crippen molar-refractivity contribution in [3.8, 4) is 0 Å². The van der Waals surface area contributed by atoms with E-state index in [-0.39, 0.29) is 0 Å². The van der Waals surface area contributed by atoms with Crippen molar-refractivity contribution in [3.05, 3.63) is 23.8 Å². The summed E-state index contributed by atoms with van der Waals surface area (Å²) in [5.41, 5.74) is -0.303. The van der Waals surface area contributed by atoms with E-state index in [0.29, 0.717) is 18.0 Å². The largest absolute Gasteiger partial charge is 0.446 e. The van der Waals surface area contributed by atoms with Crippen LogP contribution in [0.2, 0.25) is 0 Å². The highest BCUT2D eigenvalue weighted by Gasteiger charge is 2.32. The van der Waals surface area contributed by atoms with Gasteiger partial charge in [0.05, 0.1) is 11.9 Å². The van der Waals surface area contributed by atoms with Gasteiger partial charge in [-0.3, -0.25) is 9.78 Å². The second-order valence-corrected chi connectivity index (χ2v) is 4.61. The Morgan fingerprint density at radius 1 is 1.18 bits per heavy atom. The number of alkyl halides is 6. The summed E-state index contributed by atoms with van der Waals surface area (Å²) in [6, 6.07) is 0. The van der Waals surface area contributed by atoms with Gasteiger partial charge in [0.2, 0.25) is 6.29 Å². The lowest BCUT2D eigenvalue weighted by Gasteiger charge is -2.08. The van der Waals surface area contributed by atoms with Crippen molar-refractivity contribution in [2.75, 3.05) is 13.1 Å². The zero-order chi connectivity index (χ0) is 16.8. The maximum Gasteiger partial charge on any atom is 0.446 e. The molecule has 0 amide bonds. The molecule has 2 heterocycles. The number of carbonyl (C=O) groups excluding carboxylic acids is 1.